The second-order valence-electron chi connectivity index (χ2n) is 7.49. The summed E-state index contributed by atoms with van der Waals surface area (Å²) in [6.45, 7) is 2.57. The van der Waals surface area contributed by atoms with Gasteiger partial charge < -0.3 is 9.73 Å². The van der Waals surface area contributed by atoms with E-state index in [1.165, 1.54) is 5.56 Å². The third kappa shape index (κ3) is 3.76. The van der Waals surface area contributed by atoms with Crippen LogP contribution in [0.4, 0.5) is 4.79 Å². The van der Waals surface area contributed by atoms with Gasteiger partial charge in [-0.25, -0.2) is 4.79 Å². The van der Waals surface area contributed by atoms with Gasteiger partial charge in [-0.05, 0) is 62.4 Å². The average molecular weight is 367 g/mol. The SMILES string of the molecule is O=C1NC(=O)C(CCc2ccccc2)(C2CCN(Cc3ccco3)CC2)N1. The number of hydrogen-bond donors (Lipinski definition) is 2. The standard InChI is InChI=1S/C21H25N3O3/c25-19-21(23-20(26)22-19,11-8-16-5-2-1-3-6-16)17-9-12-24(13-10-17)15-18-7-4-14-27-18/h1-7,14,17H,8-13,15H2,(H2,22,23,25,26). The Kier molecular flexibility index (Phi) is 4.99. The fraction of sp³-hybridized carbons (Fsp3) is 0.429. The topological polar surface area (TPSA) is 74.6 Å². The zero-order chi connectivity index (χ0) is 18.7. The molecule has 2 aliphatic rings. The smallest absolute Gasteiger partial charge is 0.322 e. The molecule has 1 aromatic heterocycles. The summed E-state index contributed by atoms with van der Waals surface area (Å²) in [5.41, 5.74) is 0.380. The molecule has 6 heteroatoms. The van der Waals surface area contributed by atoms with Crippen molar-refractivity contribution in [3.8, 4) is 0 Å². The molecule has 0 saturated carbocycles. The molecule has 142 valence electrons. The molecule has 0 aliphatic carbocycles. The van der Waals surface area contributed by atoms with Crippen molar-refractivity contribution >= 4 is 11.9 Å². The van der Waals surface area contributed by atoms with Gasteiger partial charge in [-0.1, -0.05) is 30.3 Å². The number of imide groups is 1. The van der Waals surface area contributed by atoms with Crippen molar-refractivity contribution in [3.63, 3.8) is 0 Å². The quantitative estimate of drug-likeness (QED) is 0.770. The molecule has 4 rings (SSSR count). The number of nitrogens with zero attached hydrogens (tertiary/aromatic N) is 1. The molecule has 0 radical (unpaired) electrons. The van der Waals surface area contributed by atoms with Gasteiger partial charge in [0, 0.05) is 0 Å². The lowest BCUT2D eigenvalue weighted by molar-refractivity contribution is -0.127. The molecule has 2 aromatic rings. The number of amides is 3. The lowest BCUT2D eigenvalue weighted by atomic mass is 9.74. The molecule has 2 N–H and O–H groups in total. The van der Waals surface area contributed by atoms with Crippen molar-refractivity contribution in [2.45, 2.75) is 37.8 Å². The summed E-state index contributed by atoms with van der Waals surface area (Å²) < 4.78 is 5.44. The van der Waals surface area contributed by atoms with E-state index in [4.69, 9.17) is 4.42 Å². The number of aryl methyl sites for hydroxylation is 1. The fourth-order valence-corrected chi connectivity index (χ4v) is 4.37. The number of urea groups is 1. The van der Waals surface area contributed by atoms with Gasteiger partial charge in [-0.3, -0.25) is 15.0 Å². The van der Waals surface area contributed by atoms with Gasteiger partial charge in [0.2, 0.25) is 0 Å². The highest BCUT2D eigenvalue weighted by molar-refractivity contribution is 6.07. The van der Waals surface area contributed by atoms with Crippen molar-refractivity contribution in [3.05, 3.63) is 60.1 Å². The van der Waals surface area contributed by atoms with Gasteiger partial charge in [0.1, 0.15) is 11.3 Å². The number of likely N-dealkylation sites (tertiary alicyclic amines) is 1. The Morgan fingerprint density at radius 3 is 2.48 bits per heavy atom. The van der Waals surface area contributed by atoms with Gasteiger partial charge in [-0.15, -0.1) is 0 Å². The van der Waals surface area contributed by atoms with Crippen LogP contribution < -0.4 is 10.6 Å². The van der Waals surface area contributed by atoms with Gasteiger partial charge in [0.25, 0.3) is 5.91 Å². The summed E-state index contributed by atoms with van der Waals surface area (Å²) in [5.74, 6) is 0.924. The Bertz CT molecular complexity index is 782. The Hall–Kier alpha value is -2.60. The van der Waals surface area contributed by atoms with E-state index in [1.807, 2.05) is 30.3 Å². The normalized spacial score (nSPS) is 24.0. The van der Waals surface area contributed by atoms with E-state index in [0.29, 0.717) is 6.42 Å². The zero-order valence-electron chi connectivity index (χ0n) is 15.3. The highest BCUT2D eigenvalue weighted by Gasteiger charge is 2.51. The van der Waals surface area contributed by atoms with Crippen molar-refractivity contribution in [1.82, 2.24) is 15.5 Å². The number of rotatable bonds is 6. The molecule has 27 heavy (non-hydrogen) atoms. The van der Waals surface area contributed by atoms with E-state index >= 15 is 0 Å². The predicted octanol–water partition coefficient (Wildman–Crippen LogP) is 2.70. The molecule has 1 unspecified atom stereocenters. The van der Waals surface area contributed by atoms with E-state index in [1.54, 1.807) is 6.26 Å². The summed E-state index contributed by atoms with van der Waals surface area (Å²) in [4.78, 5) is 27.0. The molecule has 3 heterocycles. The first-order valence-corrected chi connectivity index (χ1v) is 9.58. The van der Waals surface area contributed by atoms with E-state index in [2.05, 4.69) is 27.7 Å². The second-order valence-corrected chi connectivity index (χ2v) is 7.49. The van der Waals surface area contributed by atoms with Crippen LogP contribution in [0.2, 0.25) is 0 Å². The number of piperidine rings is 1. The fourth-order valence-electron chi connectivity index (χ4n) is 4.37. The minimum atomic E-state index is -0.802. The first kappa shape index (κ1) is 17.8. The number of furan rings is 1. The number of carbonyl (C=O) groups excluding carboxylic acids is 2. The zero-order valence-corrected chi connectivity index (χ0v) is 15.3. The Balaban J connectivity index is 1.43. The van der Waals surface area contributed by atoms with Crippen molar-refractivity contribution in [2.24, 2.45) is 5.92 Å². The van der Waals surface area contributed by atoms with E-state index in [-0.39, 0.29) is 17.9 Å². The third-order valence-electron chi connectivity index (χ3n) is 5.86. The van der Waals surface area contributed by atoms with Gasteiger partial charge >= 0.3 is 6.03 Å². The number of benzene rings is 1. The van der Waals surface area contributed by atoms with Gasteiger partial charge in [0.15, 0.2) is 0 Å². The van der Waals surface area contributed by atoms with Gasteiger partial charge in [0.05, 0.1) is 12.8 Å². The summed E-state index contributed by atoms with van der Waals surface area (Å²) in [5, 5.41) is 5.45. The second kappa shape index (κ2) is 7.56. The highest BCUT2D eigenvalue weighted by Crippen LogP contribution is 2.35. The molecule has 0 spiro atoms. The predicted molar refractivity (Wildman–Crippen MR) is 101 cm³/mol. The minimum absolute atomic E-state index is 0.139. The van der Waals surface area contributed by atoms with Crippen molar-refractivity contribution < 1.29 is 14.0 Å². The number of nitrogens with one attached hydrogen (secondary N) is 2. The molecule has 2 aliphatic heterocycles. The van der Waals surface area contributed by atoms with Gasteiger partial charge in [-0.2, -0.15) is 0 Å². The molecule has 6 nitrogen and oxygen atoms in total. The van der Waals surface area contributed by atoms with Crippen molar-refractivity contribution in [1.29, 1.82) is 0 Å². The van der Waals surface area contributed by atoms with Crippen molar-refractivity contribution in [2.75, 3.05) is 13.1 Å². The molecular formula is C21H25N3O3. The molecule has 2 saturated heterocycles. The molecule has 2 fully saturated rings. The summed E-state index contributed by atoms with van der Waals surface area (Å²) in [6.07, 6.45) is 4.84. The maximum absolute atomic E-state index is 12.7. The maximum Gasteiger partial charge on any atom is 0.322 e. The van der Waals surface area contributed by atoms with E-state index in [9.17, 15) is 9.59 Å². The van der Waals surface area contributed by atoms with Crippen LogP contribution in [-0.2, 0) is 17.8 Å². The van der Waals surface area contributed by atoms with Crippen LogP contribution in [0.1, 0.15) is 30.6 Å². The average Bonchev–Trinajstić information content (AvgIpc) is 3.29. The maximum atomic E-state index is 12.7. The number of carbonyl (C=O) groups is 2. The van der Waals surface area contributed by atoms with Crippen LogP contribution >= 0.6 is 0 Å². The van der Waals surface area contributed by atoms with Crippen LogP contribution in [-0.4, -0.2) is 35.5 Å². The van der Waals surface area contributed by atoms with E-state index < -0.39 is 5.54 Å². The van der Waals surface area contributed by atoms with Crippen LogP contribution in [0.15, 0.2) is 53.1 Å². The lowest BCUT2D eigenvalue weighted by Gasteiger charge is -2.40. The minimum Gasteiger partial charge on any atom is -0.468 e. The Morgan fingerprint density at radius 1 is 1.07 bits per heavy atom. The molecule has 1 atom stereocenters. The first-order valence-electron chi connectivity index (χ1n) is 9.58. The third-order valence-corrected chi connectivity index (χ3v) is 5.86. The summed E-state index contributed by atoms with van der Waals surface area (Å²) in [7, 11) is 0. The lowest BCUT2D eigenvalue weighted by Crippen LogP contribution is -2.56. The Morgan fingerprint density at radius 2 is 1.85 bits per heavy atom. The molecule has 0 bridgehead atoms. The van der Waals surface area contributed by atoms with Crippen LogP contribution in [0, 0.1) is 5.92 Å². The molecule has 1 aromatic carbocycles. The monoisotopic (exact) mass is 367 g/mol. The summed E-state index contributed by atoms with van der Waals surface area (Å²) in [6, 6.07) is 13.6. The Labute approximate surface area is 158 Å². The van der Waals surface area contributed by atoms with E-state index in [0.717, 1.165) is 44.7 Å². The summed E-state index contributed by atoms with van der Waals surface area (Å²) >= 11 is 0. The molecule has 3 amide bonds. The highest BCUT2D eigenvalue weighted by atomic mass is 16.3. The van der Waals surface area contributed by atoms with Crippen LogP contribution in [0.25, 0.3) is 0 Å². The largest absolute Gasteiger partial charge is 0.468 e. The van der Waals surface area contributed by atoms with Crippen LogP contribution in [0.5, 0.6) is 0 Å². The number of hydrogen-bond acceptors (Lipinski definition) is 4. The van der Waals surface area contributed by atoms with Crippen LogP contribution in [0.3, 0.4) is 0 Å². The molecular weight excluding hydrogens is 342 g/mol. The first-order chi connectivity index (χ1) is 13.2.